The van der Waals surface area contributed by atoms with Gasteiger partial charge >= 0.3 is 5.97 Å². The number of rotatable bonds is 4. The minimum Gasteiger partial charge on any atom is -0.481 e. The average Bonchev–Trinajstić information content (AvgIpc) is 2.10. The van der Waals surface area contributed by atoms with Gasteiger partial charge < -0.3 is 10.0 Å². The molecule has 1 aliphatic rings. The third-order valence-corrected chi connectivity index (χ3v) is 3.67. The molecule has 0 heterocycles. The number of carboxylic acid groups (broad SMARTS) is 1. The van der Waals surface area contributed by atoms with Gasteiger partial charge in [-0.2, -0.15) is 0 Å². The second-order valence-corrected chi connectivity index (χ2v) is 6.19. The minimum absolute atomic E-state index is 0.252. The van der Waals surface area contributed by atoms with Crippen LogP contribution in [0.2, 0.25) is 0 Å². The molecule has 0 bridgehead atoms. The van der Waals surface area contributed by atoms with Gasteiger partial charge in [-0.15, -0.1) is 0 Å². The van der Waals surface area contributed by atoms with E-state index in [1.54, 1.807) is 0 Å². The van der Waals surface area contributed by atoms with Crippen molar-refractivity contribution in [1.82, 2.24) is 4.90 Å². The van der Waals surface area contributed by atoms with E-state index in [1.807, 2.05) is 0 Å². The summed E-state index contributed by atoms with van der Waals surface area (Å²) in [7, 11) is 2.06. The maximum Gasteiger partial charge on any atom is 0.304 e. The van der Waals surface area contributed by atoms with Crippen LogP contribution in [0.1, 0.15) is 46.5 Å². The summed E-state index contributed by atoms with van der Waals surface area (Å²) in [6.07, 6.45) is 3.94. The Morgan fingerprint density at radius 3 is 2.56 bits per heavy atom. The van der Waals surface area contributed by atoms with Gasteiger partial charge in [0.1, 0.15) is 0 Å². The van der Waals surface area contributed by atoms with E-state index in [1.165, 1.54) is 19.3 Å². The van der Waals surface area contributed by atoms with Crippen LogP contribution in [0.4, 0.5) is 0 Å². The predicted molar refractivity (Wildman–Crippen MR) is 65.5 cm³/mol. The summed E-state index contributed by atoms with van der Waals surface area (Å²) < 4.78 is 0. The van der Waals surface area contributed by atoms with Crippen LogP contribution >= 0.6 is 0 Å². The first-order valence-electron chi connectivity index (χ1n) is 6.22. The molecule has 3 heteroatoms. The molecule has 0 aromatic carbocycles. The Balaban J connectivity index is 2.48. The molecule has 0 spiro atoms. The number of nitrogens with zero attached hydrogens (tertiary/aromatic N) is 1. The molecule has 1 N–H and O–H groups in total. The van der Waals surface area contributed by atoms with Gasteiger partial charge in [-0.05, 0) is 37.6 Å². The van der Waals surface area contributed by atoms with Crippen LogP contribution in [0.15, 0.2) is 0 Å². The number of carbonyl (C=O) groups is 1. The van der Waals surface area contributed by atoms with E-state index >= 15 is 0 Å². The molecule has 2 atom stereocenters. The van der Waals surface area contributed by atoms with Gasteiger partial charge in [0, 0.05) is 12.6 Å². The molecule has 0 aliphatic heterocycles. The van der Waals surface area contributed by atoms with Gasteiger partial charge in [0.25, 0.3) is 0 Å². The average molecular weight is 227 g/mol. The Morgan fingerprint density at radius 1 is 1.44 bits per heavy atom. The van der Waals surface area contributed by atoms with Crippen molar-refractivity contribution in [3.63, 3.8) is 0 Å². The highest BCUT2D eigenvalue weighted by Crippen LogP contribution is 2.40. The lowest BCUT2D eigenvalue weighted by atomic mass is 9.70. The van der Waals surface area contributed by atoms with Crippen molar-refractivity contribution >= 4 is 5.97 Å². The monoisotopic (exact) mass is 227 g/mol. The highest BCUT2D eigenvalue weighted by atomic mass is 16.4. The molecule has 0 saturated heterocycles. The first-order valence-corrected chi connectivity index (χ1v) is 6.22. The van der Waals surface area contributed by atoms with Gasteiger partial charge in [0.15, 0.2) is 0 Å². The summed E-state index contributed by atoms with van der Waals surface area (Å²) in [5.74, 6) is 0.0518. The second kappa shape index (κ2) is 5.17. The number of aliphatic carboxylic acids is 1. The largest absolute Gasteiger partial charge is 0.481 e. The van der Waals surface area contributed by atoms with Crippen LogP contribution in [0.5, 0.6) is 0 Å². The molecule has 0 radical (unpaired) electrons. The highest BCUT2D eigenvalue weighted by Gasteiger charge is 2.33. The second-order valence-electron chi connectivity index (χ2n) is 6.19. The Bertz CT molecular complexity index is 250. The van der Waals surface area contributed by atoms with Crippen LogP contribution in [0, 0.1) is 11.3 Å². The van der Waals surface area contributed by atoms with Crippen LogP contribution in [0.3, 0.4) is 0 Å². The summed E-state index contributed by atoms with van der Waals surface area (Å²) in [5.41, 5.74) is 0.403. The standard InChI is InChI=1S/C13H25NO2/c1-10-7-11(9-13(2,3)8-10)14(4)6-5-12(15)16/h10-11H,5-9H2,1-4H3,(H,15,16). The maximum absolute atomic E-state index is 10.6. The zero-order valence-corrected chi connectivity index (χ0v) is 11.0. The smallest absolute Gasteiger partial charge is 0.304 e. The Hall–Kier alpha value is -0.570. The Kier molecular flexibility index (Phi) is 4.36. The van der Waals surface area contributed by atoms with Crippen molar-refractivity contribution < 1.29 is 9.90 Å². The van der Waals surface area contributed by atoms with Crippen LogP contribution in [0.25, 0.3) is 0 Å². The molecule has 0 aromatic rings. The molecule has 3 nitrogen and oxygen atoms in total. The first-order chi connectivity index (χ1) is 7.30. The number of hydrogen-bond donors (Lipinski definition) is 1. The predicted octanol–water partition coefficient (Wildman–Crippen LogP) is 2.61. The summed E-state index contributed by atoms with van der Waals surface area (Å²) in [4.78, 5) is 12.8. The first kappa shape index (κ1) is 13.5. The highest BCUT2D eigenvalue weighted by molar-refractivity contribution is 5.66. The molecular formula is C13H25NO2. The number of hydrogen-bond acceptors (Lipinski definition) is 2. The molecular weight excluding hydrogens is 202 g/mol. The summed E-state index contributed by atoms with van der Waals surface area (Å²) in [6.45, 7) is 7.61. The topological polar surface area (TPSA) is 40.5 Å². The van der Waals surface area contributed by atoms with E-state index in [-0.39, 0.29) is 6.42 Å². The van der Waals surface area contributed by atoms with Crippen molar-refractivity contribution in [1.29, 1.82) is 0 Å². The van der Waals surface area contributed by atoms with Gasteiger partial charge in [-0.25, -0.2) is 0 Å². The fourth-order valence-electron chi connectivity index (χ4n) is 3.09. The van der Waals surface area contributed by atoms with E-state index in [0.29, 0.717) is 18.0 Å². The zero-order chi connectivity index (χ0) is 12.3. The van der Waals surface area contributed by atoms with Crippen molar-refractivity contribution in [2.75, 3.05) is 13.6 Å². The van der Waals surface area contributed by atoms with E-state index in [9.17, 15) is 4.79 Å². The molecule has 1 rings (SSSR count). The van der Waals surface area contributed by atoms with Crippen LogP contribution in [-0.4, -0.2) is 35.6 Å². The van der Waals surface area contributed by atoms with Gasteiger partial charge in [0.05, 0.1) is 6.42 Å². The molecule has 1 saturated carbocycles. The van der Waals surface area contributed by atoms with Gasteiger partial charge in [-0.3, -0.25) is 4.79 Å². The van der Waals surface area contributed by atoms with Crippen LogP contribution in [-0.2, 0) is 4.79 Å². The lowest BCUT2D eigenvalue weighted by Crippen LogP contribution is -2.42. The third kappa shape index (κ3) is 4.12. The van der Waals surface area contributed by atoms with E-state index in [4.69, 9.17) is 5.11 Å². The zero-order valence-electron chi connectivity index (χ0n) is 11.0. The summed E-state index contributed by atoms with van der Waals surface area (Å²) in [6, 6.07) is 0.554. The minimum atomic E-state index is -0.699. The van der Waals surface area contributed by atoms with Crippen molar-refractivity contribution in [3.8, 4) is 0 Å². The molecule has 1 fully saturated rings. The normalized spacial score (nSPS) is 29.3. The quantitative estimate of drug-likeness (QED) is 0.802. The lowest BCUT2D eigenvalue weighted by Gasteiger charge is -2.42. The maximum atomic E-state index is 10.6. The SMILES string of the molecule is CC1CC(N(C)CCC(=O)O)CC(C)(C)C1. The van der Waals surface area contributed by atoms with Gasteiger partial charge in [0.2, 0.25) is 0 Å². The van der Waals surface area contributed by atoms with Crippen molar-refractivity contribution in [3.05, 3.63) is 0 Å². The Labute approximate surface area is 98.8 Å². The summed E-state index contributed by atoms with van der Waals surface area (Å²) >= 11 is 0. The number of carboxylic acids is 1. The van der Waals surface area contributed by atoms with E-state index < -0.39 is 5.97 Å². The van der Waals surface area contributed by atoms with Crippen LogP contribution < -0.4 is 0 Å². The molecule has 94 valence electrons. The van der Waals surface area contributed by atoms with E-state index in [2.05, 4.69) is 32.7 Å². The summed E-state index contributed by atoms with van der Waals surface area (Å²) in [5, 5.41) is 8.69. The molecule has 0 aromatic heterocycles. The Morgan fingerprint density at radius 2 is 2.06 bits per heavy atom. The fraction of sp³-hybridized carbons (Fsp3) is 0.923. The lowest BCUT2D eigenvalue weighted by molar-refractivity contribution is -0.137. The van der Waals surface area contributed by atoms with Crippen molar-refractivity contribution in [2.45, 2.75) is 52.5 Å². The molecule has 16 heavy (non-hydrogen) atoms. The fourth-order valence-corrected chi connectivity index (χ4v) is 3.09. The van der Waals surface area contributed by atoms with Gasteiger partial charge in [-0.1, -0.05) is 20.8 Å². The molecule has 1 aliphatic carbocycles. The molecule has 2 unspecified atom stereocenters. The van der Waals surface area contributed by atoms with E-state index in [0.717, 1.165) is 5.92 Å². The third-order valence-electron chi connectivity index (χ3n) is 3.67. The molecule has 0 amide bonds. The van der Waals surface area contributed by atoms with Crippen molar-refractivity contribution in [2.24, 2.45) is 11.3 Å².